The Morgan fingerprint density at radius 3 is 1.82 bits per heavy atom. The number of aliphatic carboxylic acids is 1. The van der Waals surface area contributed by atoms with E-state index in [1.807, 2.05) is 0 Å². The van der Waals surface area contributed by atoms with Crippen molar-refractivity contribution < 1.29 is 105 Å². The van der Waals surface area contributed by atoms with E-state index in [0.29, 0.717) is 12.2 Å². The van der Waals surface area contributed by atoms with Gasteiger partial charge in [-0.15, -0.1) is 0 Å². The van der Waals surface area contributed by atoms with Gasteiger partial charge < -0.3 is 9.66 Å². The molecule has 0 aliphatic heterocycles. The number of rotatable bonds is 9. The zero-order chi connectivity index (χ0) is 25.8. The first kappa shape index (κ1) is 32.0. The van der Waals surface area contributed by atoms with Crippen LogP contribution in [-0.4, -0.2) is 60.1 Å². The molecule has 1 N–H and O–H groups in total. The van der Waals surface area contributed by atoms with E-state index in [1.54, 1.807) is 0 Å². The van der Waals surface area contributed by atoms with Gasteiger partial charge in [0.05, 0.1) is 0 Å². The average molecular weight is 540 g/mol. The molecule has 0 saturated heterocycles. The van der Waals surface area contributed by atoms with Gasteiger partial charge >= 0.3 is 71.6 Å². The van der Waals surface area contributed by atoms with Crippen LogP contribution < -0.4 is 29.6 Å². The van der Waals surface area contributed by atoms with Crippen molar-refractivity contribution in [2.45, 2.75) is 48.9 Å². The Labute approximate surface area is 198 Å². The third-order valence-electron chi connectivity index (χ3n) is 4.46. The molecule has 0 amide bonds. The Hall–Kier alpha value is -0.980. The van der Waals surface area contributed by atoms with Crippen LogP contribution in [0.5, 0.6) is 0 Å². The molecule has 33 heavy (non-hydrogen) atoms. The molecular formula is C14H9F12NaO5S. The van der Waals surface area contributed by atoms with E-state index in [1.165, 1.54) is 0 Å². The van der Waals surface area contributed by atoms with Crippen molar-refractivity contribution in [3.63, 3.8) is 0 Å². The summed E-state index contributed by atoms with van der Waals surface area (Å²) in [6.07, 6.45) is -9.42. The second-order valence-electron chi connectivity index (χ2n) is 6.53. The van der Waals surface area contributed by atoms with Crippen molar-refractivity contribution in [1.29, 1.82) is 0 Å². The maximum Gasteiger partial charge on any atom is 1.00 e. The van der Waals surface area contributed by atoms with Crippen molar-refractivity contribution >= 4 is 16.1 Å². The fraction of sp³-hybridized carbons (Fsp3) is 0.643. The van der Waals surface area contributed by atoms with Gasteiger partial charge in [0.1, 0.15) is 15.5 Å². The molecule has 0 aromatic carbocycles. The number of allylic oxidation sites excluding steroid dienone is 3. The van der Waals surface area contributed by atoms with Gasteiger partial charge in [-0.05, 0) is 12.5 Å². The molecule has 0 fully saturated rings. The molecule has 0 aromatic heterocycles. The SMILES string of the molecule is O=C(O)C1(CC(F)(F)C(F)(F)C(F)(F)C(F)(F)C(F)(F)C(F)F)CC=CC=C1S(=O)(=O)[O-].[Na+]. The van der Waals surface area contributed by atoms with Gasteiger partial charge in [0.15, 0.2) is 0 Å². The molecule has 0 heterocycles. The van der Waals surface area contributed by atoms with Gasteiger partial charge in [-0.2, -0.15) is 43.9 Å². The largest absolute Gasteiger partial charge is 1.00 e. The number of carboxylic acid groups (broad SMARTS) is 1. The van der Waals surface area contributed by atoms with Crippen molar-refractivity contribution in [2.75, 3.05) is 0 Å². The van der Waals surface area contributed by atoms with E-state index in [4.69, 9.17) is 5.11 Å². The van der Waals surface area contributed by atoms with Crippen LogP contribution in [0.15, 0.2) is 23.1 Å². The summed E-state index contributed by atoms with van der Waals surface area (Å²) in [7, 11) is -6.05. The number of alkyl halides is 12. The van der Waals surface area contributed by atoms with Crippen LogP contribution >= 0.6 is 0 Å². The van der Waals surface area contributed by atoms with E-state index >= 15 is 0 Å². The van der Waals surface area contributed by atoms with Crippen LogP contribution in [0.1, 0.15) is 12.8 Å². The molecule has 0 bridgehead atoms. The number of carbonyl (C=O) groups is 1. The van der Waals surface area contributed by atoms with Gasteiger partial charge in [0.2, 0.25) is 0 Å². The molecule has 1 unspecified atom stereocenters. The van der Waals surface area contributed by atoms with Gasteiger partial charge in [-0.25, -0.2) is 17.2 Å². The molecular weight excluding hydrogens is 531 g/mol. The Morgan fingerprint density at radius 2 is 1.45 bits per heavy atom. The molecule has 1 atom stereocenters. The fourth-order valence-corrected chi connectivity index (χ4v) is 3.66. The summed E-state index contributed by atoms with van der Waals surface area (Å²) in [5.41, 5.74) is -3.92. The summed E-state index contributed by atoms with van der Waals surface area (Å²) in [6, 6.07) is 0. The molecule has 1 aliphatic carbocycles. The van der Waals surface area contributed by atoms with E-state index in [2.05, 4.69) is 0 Å². The van der Waals surface area contributed by atoms with E-state index in [0.717, 1.165) is 0 Å². The van der Waals surface area contributed by atoms with Gasteiger partial charge in [-0.1, -0.05) is 12.2 Å². The molecule has 186 valence electrons. The Bertz CT molecular complexity index is 931. The third-order valence-corrected chi connectivity index (χ3v) is 5.53. The van der Waals surface area contributed by atoms with Crippen LogP contribution in [0.25, 0.3) is 0 Å². The van der Waals surface area contributed by atoms with Crippen LogP contribution in [0.4, 0.5) is 52.7 Å². The van der Waals surface area contributed by atoms with Crippen LogP contribution in [0, 0.1) is 5.41 Å². The minimum absolute atomic E-state index is 0. The van der Waals surface area contributed by atoms with Crippen LogP contribution in [-0.2, 0) is 14.9 Å². The van der Waals surface area contributed by atoms with Crippen LogP contribution in [0.3, 0.4) is 0 Å². The molecule has 1 aliphatic rings. The molecule has 0 spiro atoms. The summed E-state index contributed by atoms with van der Waals surface area (Å²) in [5, 5.41) is 9.11. The summed E-state index contributed by atoms with van der Waals surface area (Å²) < 4.78 is 193. The predicted octanol–water partition coefficient (Wildman–Crippen LogP) is 1.28. The zero-order valence-corrected chi connectivity index (χ0v) is 18.6. The standard InChI is InChI=1S/C14H10F12O5S.Na/c15-7(16)11(19,20)13(23,24)14(25,26)12(21,22)10(17,18)5-9(8(27)28)4-2-1-3-6(9)32(29,30)31;/h1-3,7H,4-5H2,(H,27,28)(H,29,30,31);/q;+1/p-1. The van der Waals surface area contributed by atoms with Gasteiger partial charge in [0, 0.05) is 11.3 Å². The maximum absolute atomic E-state index is 14.2. The normalized spacial score (nSPS) is 21.0. The predicted molar refractivity (Wildman–Crippen MR) is 77.0 cm³/mol. The molecule has 0 aromatic rings. The topological polar surface area (TPSA) is 94.5 Å². The minimum atomic E-state index is -7.92. The van der Waals surface area contributed by atoms with Crippen molar-refractivity contribution in [1.82, 2.24) is 0 Å². The van der Waals surface area contributed by atoms with E-state index in [-0.39, 0.29) is 35.6 Å². The minimum Gasteiger partial charge on any atom is -0.744 e. The quantitative estimate of drug-likeness (QED) is 0.270. The van der Waals surface area contributed by atoms with Crippen molar-refractivity contribution in [3.05, 3.63) is 23.1 Å². The fourth-order valence-electron chi connectivity index (χ4n) is 2.70. The Kier molecular flexibility index (Phi) is 8.96. The first-order valence-electron chi connectivity index (χ1n) is 7.67. The average Bonchev–Trinajstić information content (AvgIpc) is 2.59. The summed E-state index contributed by atoms with van der Waals surface area (Å²) in [5.74, 6) is -40.2. The van der Waals surface area contributed by atoms with E-state index in [9.17, 15) is 70.5 Å². The summed E-state index contributed by atoms with van der Waals surface area (Å²) >= 11 is 0. The molecule has 0 saturated carbocycles. The van der Waals surface area contributed by atoms with Crippen molar-refractivity contribution in [3.8, 4) is 0 Å². The monoisotopic (exact) mass is 540 g/mol. The summed E-state index contributed by atoms with van der Waals surface area (Å²) in [4.78, 5) is 9.37. The first-order valence-corrected chi connectivity index (χ1v) is 9.08. The van der Waals surface area contributed by atoms with Crippen LogP contribution in [0.2, 0.25) is 0 Å². The van der Waals surface area contributed by atoms with Gasteiger partial charge in [-0.3, -0.25) is 4.79 Å². The van der Waals surface area contributed by atoms with E-state index < -0.39 is 75.3 Å². The number of hydrogen-bond donors (Lipinski definition) is 1. The molecule has 19 heteroatoms. The number of carboxylic acids is 1. The Morgan fingerprint density at radius 1 is 1.00 bits per heavy atom. The Balaban J connectivity index is 0.0000102. The second kappa shape index (κ2) is 9.23. The number of hydrogen-bond acceptors (Lipinski definition) is 4. The van der Waals surface area contributed by atoms with Crippen molar-refractivity contribution in [2.24, 2.45) is 5.41 Å². The zero-order valence-electron chi connectivity index (χ0n) is 15.7. The summed E-state index contributed by atoms with van der Waals surface area (Å²) in [6.45, 7) is 0. The molecule has 5 nitrogen and oxygen atoms in total. The second-order valence-corrected chi connectivity index (χ2v) is 7.88. The number of halogens is 12. The first-order chi connectivity index (χ1) is 13.9. The maximum atomic E-state index is 14.2. The molecule has 0 radical (unpaired) electrons. The smallest absolute Gasteiger partial charge is 0.744 e. The third kappa shape index (κ3) is 4.90. The van der Waals surface area contributed by atoms with Gasteiger partial charge in [0.25, 0.3) is 0 Å². The molecule has 1 rings (SSSR count).